The number of benzene rings is 1. The average Bonchev–Trinajstić information content (AvgIpc) is 2.36. The van der Waals surface area contributed by atoms with Gasteiger partial charge in [-0.3, -0.25) is 0 Å². The van der Waals surface area contributed by atoms with Crippen molar-refractivity contribution in [2.24, 2.45) is 0 Å². The third-order valence-corrected chi connectivity index (χ3v) is 3.28. The molecule has 19 heavy (non-hydrogen) atoms. The van der Waals surface area contributed by atoms with Crippen LogP contribution in [0.5, 0.6) is 5.75 Å². The predicted molar refractivity (Wildman–Crippen MR) is 71.1 cm³/mol. The molecule has 1 aliphatic rings. The number of carboxylic acid groups (broad SMARTS) is 1. The number of halogens is 1. The highest BCUT2D eigenvalue weighted by molar-refractivity contribution is 5.95. The number of alkyl halides is 1. The smallest absolute Gasteiger partial charge is 0.335 e. The van der Waals surface area contributed by atoms with Crippen LogP contribution in [-0.4, -0.2) is 23.4 Å². The van der Waals surface area contributed by atoms with Crippen LogP contribution in [0.2, 0.25) is 0 Å². The largest absolute Gasteiger partial charge is 0.481 e. The molecule has 0 bridgehead atoms. The van der Waals surface area contributed by atoms with E-state index in [9.17, 15) is 14.3 Å². The fourth-order valence-corrected chi connectivity index (χ4v) is 2.36. The number of fused-ring (bicyclic) bond motifs is 1. The Bertz CT molecular complexity index is 549. The highest BCUT2D eigenvalue weighted by atomic mass is 19.1. The Labute approximate surface area is 111 Å². The Morgan fingerprint density at radius 3 is 2.74 bits per heavy atom. The van der Waals surface area contributed by atoms with Gasteiger partial charge in [-0.1, -0.05) is 18.6 Å². The standard InChI is InChI=1S/C15H17FO3/c1-4-12(16)14-11(15(17)18)7-10-6-8(2)5-9(3)13(10)19-14/h5-7,12,14H,4H2,1-3H3,(H,17,18). The minimum atomic E-state index is -1.32. The molecule has 0 radical (unpaired) electrons. The topological polar surface area (TPSA) is 46.5 Å². The summed E-state index contributed by atoms with van der Waals surface area (Å²) in [7, 11) is 0. The van der Waals surface area contributed by atoms with E-state index in [0.29, 0.717) is 11.3 Å². The maximum atomic E-state index is 13.9. The number of hydrogen-bond acceptors (Lipinski definition) is 2. The summed E-state index contributed by atoms with van der Waals surface area (Å²) in [5, 5.41) is 9.20. The van der Waals surface area contributed by atoms with Crippen molar-refractivity contribution in [1.82, 2.24) is 0 Å². The van der Waals surface area contributed by atoms with Crippen molar-refractivity contribution < 1.29 is 19.0 Å². The van der Waals surface area contributed by atoms with Crippen molar-refractivity contribution in [3.8, 4) is 5.75 Å². The summed E-state index contributed by atoms with van der Waals surface area (Å²) in [5.41, 5.74) is 2.59. The Hall–Kier alpha value is -1.84. The molecule has 2 unspecified atom stereocenters. The molecule has 1 aromatic rings. The molecule has 1 aromatic carbocycles. The second-order valence-electron chi connectivity index (χ2n) is 4.87. The lowest BCUT2D eigenvalue weighted by Crippen LogP contribution is -2.35. The summed E-state index contributed by atoms with van der Waals surface area (Å²) >= 11 is 0. The first-order valence-corrected chi connectivity index (χ1v) is 6.31. The molecule has 102 valence electrons. The third-order valence-electron chi connectivity index (χ3n) is 3.28. The molecule has 0 aliphatic carbocycles. The fourth-order valence-electron chi connectivity index (χ4n) is 2.36. The van der Waals surface area contributed by atoms with Gasteiger partial charge >= 0.3 is 5.97 Å². The summed E-state index contributed by atoms with van der Waals surface area (Å²) in [6, 6.07) is 3.79. The van der Waals surface area contributed by atoms with E-state index in [1.807, 2.05) is 26.0 Å². The van der Waals surface area contributed by atoms with Gasteiger partial charge in [-0.15, -0.1) is 0 Å². The van der Waals surface area contributed by atoms with E-state index in [-0.39, 0.29) is 12.0 Å². The average molecular weight is 264 g/mol. The summed E-state index contributed by atoms with van der Waals surface area (Å²) in [4.78, 5) is 11.2. The molecule has 4 heteroatoms. The SMILES string of the molecule is CCC(F)C1Oc2c(C)cc(C)cc2C=C1C(=O)O. The fraction of sp³-hybridized carbons (Fsp3) is 0.400. The number of carbonyl (C=O) groups is 1. The Morgan fingerprint density at radius 1 is 1.47 bits per heavy atom. The van der Waals surface area contributed by atoms with Crippen molar-refractivity contribution in [3.05, 3.63) is 34.4 Å². The van der Waals surface area contributed by atoms with Crippen molar-refractivity contribution in [1.29, 1.82) is 0 Å². The Morgan fingerprint density at radius 2 is 2.16 bits per heavy atom. The quantitative estimate of drug-likeness (QED) is 0.911. The van der Waals surface area contributed by atoms with E-state index in [1.165, 1.54) is 6.08 Å². The lowest BCUT2D eigenvalue weighted by molar-refractivity contribution is -0.134. The van der Waals surface area contributed by atoms with Crippen LogP contribution in [-0.2, 0) is 4.79 Å². The van der Waals surface area contributed by atoms with E-state index in [1.54, 1.807) is 6.92 Å². The minimum absolute atomic E-state index is 0.0214. The van der Waals surface area contributed by atoms with Crippen molar-refractivity contribution in [2.45, 2.75) is 39.5 Å². The highest BCUT2D eigenvalue weighted by Crippen LogP contribution is 2.35. The van der Waals surface area contributed by atoms with Gasteiger partial charge in [-0.25, -0.2) is 9.18 Å². The van der Waals surface area contributed by atoms with Gasteiger partial charge < -0.3 is 9.84 Å². The lowest BCUT2D eigenvalue weighted by Gasteiger charge is -2.28. The first-order chi connectivity index (χ1) is 8.93. The van der Waals surface area contributed by atoms with Gasteiger partial charge in [-0.2, -0.15) is 0 Å². The molecule has 0 saturated heterocycles. The second-order valence-corrected chi connectivity index (χ2v) is 4.87. The van der Waals surface area contributed by atoms with Crippen molar-refractivity contribution >= 4 is 12.0 Å². The van der Waals surface area contributed by atoms with Crippen LogP contribution in [0.25, 0.3) is 6.08 Å². The molecule has 0 aromatic heterocycles. The van der Waals surface area contributed by atoms with E-state index >= 15 is 0 Å². The van der Waals surface area contributed by atoms with Gasteiger partial charge in [0, 0.05) is 5.56 Å². The number of ether oxygens (including phenoxy) is 1. The molecule has 2 atom stereocenters. The summed E-state index contributed by atoms with van der Waals surface area (Å²) in [6.45, 7) is 5.48. The molecule has 1 aliphatic heterocycles. The van der Waals surface area contributed by atoms with Crippen LogP contribution in [0.4, 0.5) is 4.39 Å². The molecule has 0 spiro atoms. The first-order valence-electron chi connectivity index (χ1n) is 6.31. The summed E-state index contributed by atoms with van der Waals surface area (Å²) in [6.07, 6.45) is -0.614. The maximum absolute atomic E-state index is 13.9. The minimum Gasteiger partial charge on any atom is -0.481 e. The Balaban J connectivity index is 2.54. The zero-order chi connectivity index (χ0) is 14.2. The normalized spacial score (nSPS) is 19.2. The van der Waals surface area contributed by atoms with Gasteiger partial charge in [0.15, 0.2) is 6.10 Å². The zero-order valence-corrected chi connectivity index (χ0v) is 11.2. The monoisotopic (exact) mass is 264 g/mol. The van der Waals surface area contributed by atoms with E-state index in [0.717, 1.165) is 11.1 Å². The molecule has 2 rings (SSSR count). The zero-order valence-electron chi connectivity index (χ0n) is 11.2. The molecule has 0 amide bonds. The van der Waals surface area contributed by atoms with Gasteiger partial charge in [0.1, 0.15) is 11.9 Å². The van der Waals surface area contributed by atoms with E-state index < -0.39 is 18.2 Å². The molecule has 3 nitrogen and oxygen atoms in total. The van der Waals surface area contributed by atoms with Gasteiger partial charge in [0.2, 0.25) is 0 Å². The number of rotatable bonds is 3. The van der Waals surface area contributed by atoms with E-state index in [4.69, 9.17) is 4.74 Å². The molecule has 0 fully saturated rings. The number of aryl methyl sites for hydroxylation is 2. The summed E-state index contributed by atoms with van der Waals surface area (Å²) < 4.78 is 19.5. The molecule has 1 N–H and O–H groups in total. The van der Waals surface area contributed by atoms with Crippen molar-refractivity contribution in [2.75, 3.05) is 0 Å². The highest BCUT2D eigenvalue weighted by Gasteiger charge is 2.34. The molecule has 1 heterocycles. The van der Waals surface area contributed by atoms with E-state index in [2.05, 4.69) is 0 Å². The van der Waals surface area contributed by atoms with Crippen LogP contribution in [0, 0.1) is 13.8 Å². The second kappa shape index (κ2) is 5.03. The van der Waals surface area contributed by atoms with Crippen LogP contribution < -0.4 is 4.74 Å². The lowest BCUT2D eigenvalue weighted by atomic mass is 9.95. The third kappa shape index (κ3) is 2.48. The Kier molecular flexibility index (Phi) is 3.60. The summed E-state index contributed by atoms with van der Waals surface area (Å²) in [5.74, 6) is -0.553. The van der Waals surface area contributed by atoms with Crippen LogP contribution in [0.3, 0.4) is 0 Å². The molecular formula is C15H17FO3. The van der Waals surface area contributed by atoms with Gasteiger partial charge in [0.05, 0.1) is 5.57 Å². The molecule has 0 saturated carbocycles. The maximum Gasteiger partial charge on any atom is 0.335 e. The first kappa shape index (κ1) is 13.6. The van der Waals surface area contributed by atoms with Gasteiger partial charge in [-0.05, 0) is 38.0 Å². The number of hydrogen-bond donors (Lipinski definition) is 1. The molecular weight excluding hydrogens is 247 g/mol. The number of carboxylic acids is 1. The van der Waals surface area contributed by atoms with Crippen LogP contribution >= 0.6 is 0 Å². The van der Waals surface area contributed by atoms with Crippen LogP contribution in [0.15, 0.2) is 17.7 Å². The predicted octanol–water partition coefficient (Wildman–Crippen LogP) is 3.28. The van der Waals surface area contributed by atoms with Gasteiger partial charge in [0.25, 0.3) is 0 Å². The van der Waals surface area contributed by atoms with Crippen molar-refractivity contribution in [3.63, 3.8) is 0 Å². The van der Waals surface area contributed by atoms with Crippen LogP contribution in [0.1, 0.15) is 30.0 Å². The number of aliphatic carboxylic acids is 1.